The molecule has 2 unspecified atom stereocenters. The number of benzene rings is 2. The van der Waals surface area contributed by atoms with Gasteiger partial charge in [-0.05, 0) is 56.2 Å². The third-order valence-corrected chi connectivity index (χ3v) is 8.29. The number of hydrogen-bond acceptors (Lipinski definition) is 5. The van der Waals surface area contributed by atoms with Crippen LogP contribution in [0.25, 0.3) is 10.9 Å². The molecule has 3 N–H and O–H groups in total. The summed E-state index contributed by atoms with van der Waals surface area (Å²) < 4.78 is 6.65. The van der Waals surface area contributed by atoms with Gasteiger partial charge in [0.1, 0.15) is 17.7 Å². The molecule has 0 radical (unpaired) electrons. The van der Waals surface area contributed by atoms with Crippen LogP contribution >= 0.6 is 23.4 Å². The van der Waals surface area contributed by atoms with Gasteiger partial charge in [-0.1, -0.05) is 44.5 Å². The summed E-state index contributed by atoms with van der Waals surface area (Å²) in [5.41, 5.74) is 0.749. The molecule has 2 atom stereocenters. The third kappa shape index (κ3) is 7.12. The van der Waals surface area contributed by atoms with Crippen LogP contribution < -0.4 is 4.74 Å². The summed E-state index contributed by atoms with van der Waals surface area (Å²) in [4.78, 5) is 34.6. The van der Waals surface area contributed by atoms with E-state index in [1.165, 1.54) is 4.90 Å². The molecule has 8 nitrogen and oxygen atoms in total. The summed E-state index contributed by atoms with van der Waals surface area (Å²) in [6.07, 6.45) is 0.748. The monoisotopic (exact) mass is 585 g/mol. The summed E-state index contributed by atoms with van der Waals surface area (Å²) in [7, 11) is 0. The van der Waals surface area contributed by atoms with Gasteiger partial charge in [-0.15, -0.1) is 11.8 Å². The summed E-state index contributed by atoms with van der Waals surface area (Å²) in [6.45, 7) is 10.4. The van der Waals surface area contributed by atoms with E-state index in [9.17, 15) is 19.8 Å². The van der Waals surface area contributed by atoms with Gasteiger partial charge < -0.3 is 19.9 Å². The molecule has 214 valence electrons. The molecular formula is C30H36ClN3O5S. The lowest BCUT2D eigenvalue weighted by atomic mass is 9.80. The van der Waals surface area contributed by atoms with Crippen molar-refractivity contribution >= 4 is 52.2 Å². The highest BCUT2D eigenvalue weighted by molar-refractivity contribution is 8.00. The topological polar surface area (TPSA) is 115 Å². The minimum Gasteiger partial charge on any atom is -0.490 e. The quantitative estimate of drug-likeness (QED) is 0.216. The lowest BCUT2D eigenvalue weighted by Crippen LogP contribution is -2.46. The molecule has 0 spiro atoms. The highest BCUT2D eigenvalue weighted by Gasteiger charge is 2.41. The fourth-order valence-electron chi connectivity index (χ4n) is 4.83. The fourth-order valence-corrected chi connectivity index (χ4v) is 6.01. The van der Waals surface area contributed by atoms with E-state index in [0.717, 1.165) is 21.4 Å². The van der Waals surface area contributed by atoms with Crippen molar-refractivity contribution in [3.8, 4) is 5.75 Å². The molecule has 40 heavy (non-hydrogen) atoms. The molecule has 3 aromatic rings. The molecule has 1 amide bonds. The number of rotatable bonds is 10. The third-order valence-electron chi connectivity index (χ3n) is 6.86. The van der Waals surface area contributed by atoms with E-state index in [1.54, 1.807) is 37.7 Å². The lowest BCUT2D eigenvalue weighted by Gasteiger charge is -2.34. The molecule has 2 aromatic carbocycles. The van der Waals surface area contributed by atoms with Crippen molar-refractivity contribution in [2.24, 2.45) is 16.3 Å². The first-order chi connectivity index (χ1) is 18.7. The van der Waals surface area contributed by atoms with Gasteiger partial charge in [0.2, 0.25) is 0 Å². The largest absolute Gasteiger partial charge is 0.490 e. The van der Waals surface area contributed by atoms with Crippen LogP contribution in [0, 0.1) is 11.3 Å². The maximum atomic E-state index is 12.2. The van der Waals surface area contributed by atoms with E-state index in [0.29, 0.717) is 29.6 Å². The van der Waals surface area contributed by atoms with Crippen molar-refractivity contribution in [3.05, 3.63) is 59.2 Å². The van der Waals surface area contributed by atoms with Crippen molar-refractivity contribution in [2.45, 2.75) is 63.2 Å². The number of fused-ring (bicyclic) bond motifs is 1. The van der Waals surface area contributed by atoms with Gasteiger partial charge >= 0.3 is 12.1 Å². The summed E-state index contributed by atoms with van der Waals surface area (Å²) in [6, 6.07) is 13.1. The summed E-state index contributed by atoms with van der Waals surface area (Å²) in [5.74, 6) is -0.514. The number of amides is 1. The number of aromatic nitrogens is 1. The molecule has 2 heterocycles. The van der Waals surface area contributed by atoms with Gasteiger partial charge in [0.05, 0.1) is 24.4 Å². The number of nitrogens with zero attached hydrogens (tertiary/aromatic N) is 2. The first-order valence-corrected chi connectivity index (χ1v) is 14.4. The van der Waals surface area contributed by atoms with E-state index in [2.05, 4.69) is 30.7 Å². The zero-order valence-electron chi connectivity index (χ0n) is 23.4. The van der Waals surface area contributed by atoms with Gasteiger partial charge in [0, 0.05) is 38.2 Å². The number of amidine groups is 1. The fraction of sp³-hybridized carbons (Fsp3) is 0.433. The van der Waals surface area contributed by atoms with Crippen LogP contribution in [0.5, 0.6) is 5.75 Å². The number of carbonyl (C=O) groups is 2. The molecule has 4 rings (SSSR count). The summed E-state index contributed by atoms with van der Waals surface area (Å²) >= 11 is 7.86. The maximum absolute atomic E-state index is 12.2. The molecule has 1 aliphatic heterocycles. The normalized spacial score (nSPS) is 15.7. The Bertz CT molecular complexity index is 1410. The number of carboxylic acids is 1. The number of H-pyrrole nitrogens is 1. The molecule has 0 saturated carbocycles. The number of aliphatic carboxylic acids is 1. The Morgan fingerprint density at radius 3 is 2.45 bits per heavy atom. The molecule has 1 aliphatic rings. The average Bonchev–Trinajstić information content (AvgIpc) is 3.50. The maximum Gasteiger partial charge on any atom is 0.412 e. The Balaban J connectivity index is 1.77. The predicted octanol–water partition coefficient (Wildman–Crippen LogP) is 7.21. The Kier molecular flexibility index (Phi) is 8.75. The minimum atomic E-state index is -1.14. The number of thioether (sulfide) groups is 1. The van der Waals surface area contributed by atoms with Crippen LogP contribution in [0.1, 0.15) is 46.6 Å². The SMILES string of the molecule is CC(C)(C)Sc1c[nH]c2ccc(OC(CC(C)(C)C(=O)O)C(Cc3ccc(Cl)cc3)C3=NCCN3C(=O)O)cc12. The lowest BCUT2D eigenvalue weighted by molar-refractivity contribution is -0.148. The van der Waals surface area contributed by atoms with Gasteiger partial charge in [0.25, 0.3) is 0 Å². The van der Waals surface area contributed by atoms with Gasteiger partial charge in [0.15, 0.2) is 0 Å². The van der Waals surface area contributed by atoms with Crippen LogP contribution in [0.15, 0.2) is 58.5 Å². The first kappa shape index (κ1) is 29.8. The number of aliphatic imine (C=N–C) groups is 1. The minimum absolute atomic E-state index is 0.00458. The summed E-state index contributed by atoms with van der Waals surface area (Å²) in [5, 5.41) is 21.5. The number of carboxylic acid groups (broad SMARTS) is 2. The van der Waals surface area contributed by atoms with Crippen LogP contribution in [-0.2, 0) is 11.2 Å². The smallest absolute Gasteiger partial charge is 0.412 e. The predicted molar refractivity (Wildman–Crippen MR) is 160 cm³/mol. The van der Waals surface area contributed by atoms with Crippen molar-refractivity contribution in [2.75, 3.05) is 13.1 Å². The highest BCUT2D eigenvalue weighted by atomic mass is 35.5. The number of nitrogens with one attached hydrogen (secondary N) is 1. The Morgan fingerprint density at radius 2 is 1.82 bits per heavy atom. The second-order valence-corrected chi connectivity index (χ2v) is 14.0. The van der Waals surface area contributed by atoms with E-state index in [4.69, 9.17) is 16.3 Å². The van der Waals surface area contributed by atoms with Crippen molar-refractivity contribution < 1.29 is 24.5 Å². The zero-order valence-corrected chi connectivity index (χ0v) is 25.0. The number of ether oxygens (including phenoxy) is 1. The first-order valence-electron chi connectivity index (χ1n) is 13.2. The van der Waals surface area contributed by atoms with E-state index >= 15 is 0 Å². The number of halogens is 1. The van der Waals surface area contributed by atoms with Gasteiger partial charge in [-0.2, -0.15) is 0 Å². The Hall–Kier alpha value is -3.17. The van der Waals surface area contributed by atoms with Crippen LogP contribution in [0.4, 0.5) is 4.79 Å². The van der Waals surface area contributed by atoms with Crippen molar-refractivity contribution in [3.63, 3.8) is 0 Å². The average molecular weight is 586 g/mol. The van der Waals surface area contributed by atoms with Crippen LogP contribution in [0.3, 0.4) is 0 Å². The highest BCUT2D eigenvalue weighted by Crippen LogP contribution is 2.39. The standard InChI is InChI=1S/C30H36ClN3O5S/c1-29(2,3)40-25-17-33-23-11-10-20(15-21(23)25)39-24(16-30(4,5)27(35)36)22(14-18-6-8-19(31)9-7-18)26-32-12-13-34(26)28(37)38/h6-11,15,17,22,24,33H,12-14,16H2,1-5H3,(H,35,36)(H,37,38). The van der Waals surface area contributed by atoms with E-state index in [1.807, 2.05) is 36.5 Å². The van der Waals surface area contributed by atoms with E-state index < -0.39 is 29.5 Å². The zero-order chi connectivity index (χ0) is 29.2. The van der Waals surface area contributed by atoms with Crippen LogP contribution in [-0.4, -0.2) is 61.9 Å². The Morgan fingerprint density at radius 1 is 1.12 bits per heavy atom. The van der Waals surface area contributed by atoms with E-state index in [-0.39, 0.29) is 17.7 Å². The molecule has 1 aromatic heterocycles. The number of aromatic amines is 1. The van der Waals surface area contributed by atoms with Gasteiger partial charge in [-0.3, -0.25) is 14.7 Å². The molecule has 0 bridgehead atoms. The van der Waals surface area contributed by atoms with Crippen LogP contribution in [0.2, 0.25) is 5.02 Å². The van der Waals surface area contributed by atoms with Crippen molar-refractivity contribution in [1.82, 2.24) is 9.88 Å². The molecule has 10 heteroatoms. The molecule has 0 aliphatic carbocycles. The molecule has 0 saturated heterocycles. The van der Waals surface area contributed by atoms with Crippen molar-refractivity contribution in [1.29, 1.82) is 0 Å². The second kappa shape index (κ2) is 11.7. The second-order valence-electron chi connectivity index (χ2n) is 11.7. The Labute approximate surface area is 243 Å². The van der Waals surface area contributed by atoms with Gasteiger partial charge in [-0.25, -0.2) is 4.79 Å². The molecular weight excluding hydrogens is 550 g/mol. The molecule has 0 fully saturated rings. The number of hydrogen-bond donors (Lipinski definition) is 3.